The maximum absolute atomic E-state index is 13.2. The van der Waals surface area contributed by atoms with Crippen LogP contribution < -0.4 is 5.73 Å². The molecule has 1 aromatic rings. The minimum atomic E-state index is -4.54. The Morgan fingerprint density at radius 3 is 2.28 bits per heavy atom. The van der Waals surface area contributed by atoms with Gasteiger partial charge in [0.05, 0.1) is 5.56 Å². The average Bonchev–Trinajstić information content (AvgIpc) is 2.79. The summed E-state index contributed by atoms with van der Waals surface area (Å²) in [5, 5.41) is 0. The van der Waals surface area contributed by atoms with Gasteiger partial charge in [-0.05, 0) is 42.5 Å². The molecule has 0 spiro atoms. The lowest BCUT2D eigenvalue weighted by molar-refractivity contribution is -0.137. The third kappa shape index (κ3) is 2.83. The first-order valence-electron chi connectivity index (χ1n) is 6.01. The fourth-order valence-electron chi connectivity index (χ4n) is 2.56. The van der Waals surface area contributed by atoms with E-state index in [-0.39, 0.29) is 11.5 Å². The summed E-state index contributed by atoms with van der Waals surface area (Å²) in [5.74, 6) is -0.721. The molecular weight excluding hydrogens is 246 g/mol. The number of halogens is 4. The fraction of sp³-hybridized carbons (Fsp3) is 0.538. The van der Waals surface area contributed by atoms with Gasteiger partial charge in [-0.2, -0.15) is 13.2 Å². The lowest BCUT2D eigenvalue weighted by Gasteiger charge is -2.20. The van der Waals surface area contributed by atoms with Crippen LogP contribution in [0.1, 0.15) is 42.9 Å². The van der Waals surface area contributed by atoms with Crippen molar-refractivity contribution < 1.29 is 17.6 Å². The molecule has 0 amide bonds. The zero-order valence-corrected chi connectivity index (χ0v) is 9.80. The summed E-state index contributed by atoms with van der Waals surface area (Å²) in [6, 6.07) is 2.07. The predicted molar refractivity (Wildman–Crippen MR) is 60.3 cm³/mol. The molecule has 5 heteroatoms. The highest BCUT2D eigenvalue weighted by Gasteiger charge is 2.32. The topological polar surface area (TPSA) is 26.0 Å². The van der Waals surface area contributed by atoms with Gasteiger partial charge in [0.1, 0.15) is 5.82 Å². The van der Waals surface area contributed by atoms with E-state index in [9.17, 15) is 17.6 Å². The molecule has 1 aromatic carbocycles. The van der Waals surface area contributed by atoms with E-state index < -0.39 is 23.6 Å². The zero-order chi connectivity index (χ0) is 13.3. The molecular formula is C13H15F4N. The standard InChI is InChI=1S/C13H15F4N/c14-11-6-9(5-10(7-11)13(15,16)17)12(18)8-3-1-2-4-8/h5-8,12H,1-4,18H2/t12-/m0/s1. The van der Waals surface area contributed by atoms with Crippen molar-refractivity contribution in [1.29, 1.82) is 0 Å². The van der Waals surface area contributed by atoms with Crippen molar-refractivity contribution in [3.63, 3.8) is 0 Å². The largest absolute Gasteiger partial charge is 0.416 e. The van der Waals surface area contributed by atoms with Crippen molar-refractivity contribution in [1.82, 2.24) is 0 Å². The van der Waals surface area contributed by atoms with Gasteiger partial charge < -0.3 is 5.73 Å². The molecule has 100 valence electrons. The molecule has 1 aliphatic rings. The third-order valence-electron chi connectivity index (χ3n) is 3.54. The summed E-state index contributed by atoms with van der Waals surface area (Å²) >= 11 is 0. The molecule has 0 unspecified atom stereocenters. The molecule has 1 aliphatic carbocycles. The van der Waals surface area contributed by atoms with Crippen molar-refractivity contribution in [2.75, 3.05) is 0 Å². The maximum atomic E-state index is 13.2. The normalized spacial score (nSPS) is 19.2. The number of benzene rings is 1. The van der Waals surface area contributed by atoms with Gasteiger partial charge in [0.15, 0.2) is 0 Å². The van der Waals surface area contributed by atoms with Crippen molar-refractivity contribution in [3.05, 3.63) is 35.1 Å². The van der Waals surface area contributed by atoms with E-state index in [0.717, 1.165) is 37.8 Å². The highest BCUT2D eigenvalue weighted by molar-refractivity contribution is 5.29. The van der Waals surface area contributed by atoms with Gasteiger partial charge >= 0.3 is 6.18 Å². The van der Waals surface area contributed by atoms with Crippen molar-refractivity contribution >= 4 is 0 Å². The average molecular weight is 261 g/mol. The lowest BCUT2D eigenvalue weighted by Crippen LogP contribution is -2.20. The summed E-state index contributed by atoms with van der Waals surface area (Å²) in [4.78, 5) is 0. The van der Waals surface area contributed by atoms with Gasteiger partial charge in [0.2, 0.25) is 0 Å². The van der Waals surface area contributed by atoms with Gasteiger partial charge in [-0.3, -0.25) is 0 Å². The van der Waals surface area contributed by atoms with Crippen molar-refractivity contribution in [3.8, 4) is 0 Å². The number of rotatable bonds is 2. The smallest absolute Gasteiger partial charge is 0.324 e. The molecule has 1 nitrogen and oxygen atoms in total. The monoisotopic (exact) mass is 261 g/mol. The second-order valence-corrected chi connectivity index (χ2v) is 4.84. The van der Waals surface area contributed by atoms with E-state index in [4.69, 9.17) is 5.73 Å². The summed E-state index contributed by atoms with van der Waals surface area (Å²) in [5.41, 5.74) is 5.23. The van der Waals surface area contributed by atoms with E-state index >= 15 is 0 Å². The molecule has 0 bridgehead atoms. The van der Waals surface area contributed by atoms with Gasteiger partial charge in [-0.25, -0.2) is 4.39 Å². The fourth-order valence-corrected chi connectivity index (χ4v) is 2.56. The number of hydrogen-bond donors (Lipinski definition) is 1. The summed E-state index contributed by atoms with van der Waals surface area (Å²) in [7, 11) is 0. The van der Waals surface area contributed by atoms with Gasteiger partial charge in [-0.1, -0.05) is 12.8 Å². The van der Waals surface area contributed by atoms with E-state index in [0.29, 0.717) is 6.07 Å². The zero-order valence-electron chi connectivity index (χ0n) is 9.80. The van der Waals surface area contributed by atoms with E-state index in [1.165, 1.54) is 0 Å². The molecule has 2 N–H and O–H groups in total. The van der Waals surface area contributed by atoms with Crippen LogP contribution in [0.3, 0.4) is 0 Å². The van der Waals surface area contributed by atoms with Crippen molar-refractivity contribution in [2.24, 2.45) is 11.7 Å². The molecule has 0 aromatic heterocycles. The minimum Gasteiger partial charge on any atom is -0.324 e. The predicted octanol–water partition coefficient (Wildman–Crippen LogP) is 4.03. The number of nitrogens with two attached hydrogens (primary N) is 1. The number of hydrogen-bond acceptors (Lipinski definition) is 1. The molecule has 0 aliphatic heterocycles. The van der Waals surface area contributed by atoms with E-state index in [1.807, 2.05) is 0 Å². The van der Waals surface area contributed by atoms with Gasteiger partial charge in [0, 0.05) is 6.04 Å². The minimum absolute atomic E-state index is 0.160. The first-order chi connectivity index (χ1) is 8.38. The summed E-state index contributed by atoms with van der Waals surface area (Å²) in [6.07, 6.45) is -0.649. The van der Waals surface area contributed by atoms with Crippen LogP contribution >= 0.6 is 0 Å². The molecule has 0 radical (unpaired) electrons. The molecule has 1 saturated carbocycles. The lowest BCUT2D eigenvalue weighted by atomic mass is 9.91. The van der Waals surface area contributed by atoms with Crippen LogP contribution in [0.2, 0.25) is 0 Å². The van der Waals surface area contributed by atoms with Crippen LogP contribution in [-0.2, 0) is 6.18 Å². The first-order valence-corrected chi connectivity index (χ1v) is 6.01. The first kappa shape index (κ1) is 13.3. The Hall–Kier alpha value is -1.10. The third-order valence-corrected chi connectivity index (χ3v) is 3.54. The second kappa shape index (κ2) is 4.88. The van der Waals surface area contributed by atoms with Crippen LogP contribution in [0, 0.1) is 11.7 Å². The molecule has 0 heterocycles. The molecule has 1 fully saturated rings. The molecule has 2 rings (SSSR count). The molecule has 0 saturated heterocycles. The van der Waals surface area contributed by atoms with Crippen LogP contribution in [0.15, 0.2) is 18.2 Å². The maximum Gasteiger partial charge on any atom is 0.416 e. The van der Waals surface area contributed by atoms with E-state index in [1.54, 1.807) is 0 Å². The molecule has 18 heavy (non-hydrogen) atoms. The van der Waals surface area contributed by atoms with Gasteiger partial charge in [-0.15, -0.1) is 0 Å². The van der Waals surface area contributed by atoms with E-state index in [2.05, 4.69) is 0 Å². The quantitative estimate of drug-likeness (QED) is 0.799. The summed E-state index contributed by atoms with van der Waals surface area (Å²) < 4.78 is 51.0. The van der Waals surface area contributed by atoms with Crippen LogP contribution in [0.25, 0.3) is 0 Å². The van der Waals surface area contributed by atoms with Crippen LogP contribution in [-0.4, -0.2) is 0 Å². The Bertz CT molecular complexity index is 421. The number of alkyl halides is 3. The van der Waals surface area contributed by atoms with Crippen LogP contribution in [0.5, 0.6) is 0 Å². The Balaban J connectivity index is 2.29. The second-order valence-electron chi connectivity index (χ2n) is 4.84. The summed E-state index contributed by atoms with van der Waals surface area (Å²) in [6.45, 7) is 0. The Kier molecular flexibility index (Phi) is 3.61. The van der Waals surface area contributed by atoms with Crippen molar-refractivity contribution in [2.45, 2.75) is 37.9 Å². The van der Waals surface area contributed by atoms with Crippen LogP contribution in [0.4, 0.5) is 17.6 Å². The Labute approximate surface area is 103 Å². The van der Waals surface area contributed by atoms with Gasteiger partial charge in [0.25, 0.3) is 0 Å². The Morgan fingerprint density at radius 2 is 1.72 bits per heavy atom. The molecule has 1 atom stereocenters. The highest BCUT2D eigenvalue weighted by Crippen LogP contribution is 2.37. The highest BCUT2D eigenvalue weighted by atomic mass is 19.4. The Morgan fingerprint density at radius 1 is 1.11 bits per heavy atom. The SMILES string of the molecule is N[C@H](c1cc(F)cc(C(F)(F)F)c1)C1CCCC1.